The second kappa shape index (κ2) is 4.21. The van der Waals surface area contributed by atoms with Crippen molar-refractivity contribution in [3.63, 3.8) is 0 Å². The highest BCUT2D eigenvalue weighted by molar-refractivity contribution is 5.67. The molecular weight excluding hydrogens is 236 g/mol. The normalized spacial score (nSPS) is 14.5. The fourth-order valence-electron chi connectivity index (χ4n) is 2.70. The Kier molecular flexibility index (Phi) is 2.38. The van der Waals surface area contributed by atoms with Gasteiger partial charge in [-0.25, -0.2) is 4.98 Å². The summed E-state index contributed by atoms with van der Waals surface area (Å²) in [6.45, 7) is 1.51. The minimum absolute atomic E-state index is 0.694. The number of aromatic nitrogens is 2. The molecule has 0 bridgehead atoms. The molecule has 1 aliphatic heterocycles. The molecule has 3 heteroatoms. The summed E-state index contributed by atoms with van der Waals surface area (Å²) in [7, 11) is 0. The van der Waals surface area contributed by atoms with E-state index in [1.54, 1.807) is 0 Å². The number of rotatable bonds is 1. The number of pyridine rings is 1. The first-order valence-corrected chi connectivity index (χ1v) is 6.54. The lowest BCUT2D eigenvalue weighted by atomic mass is 9.96. The Bertz CT molecular complexity index is 712. The minimum Gasteiger partial charge on any atom is -0.376 e. The van der Waals surface area contributed by atoms with Gasteiger partial charge >= 0.3 is 0 Å². The van der Waals surface area contributed by atoms with Gasteiger partial charge in [0.1, 0.15) is 5.65 Å². The molecule has 0 unspecified atom stereocenters. The second-order valence-corrected chi connectivity index (χ2v) is 4.84. The summed E-state index contributed by atoms with van der Waals surface area (Å²) in [6, 6.07) is 12.5. The van der Waals surface area contributed by atoms with Gasteiger partial charge in [-0.15, -0.1) is 0 Å². The molecule has 0 radical (unpaired) electrons. The quantitative estimate of drug-likeness (QED) is 0.663. The molecule has 0 N–H and O–H groups in total. The summed E-state index contributed by atoms with van der Waals surface area (Å²) < 4.78 is 7.65. The summed E-state index contributed by atoms with van der Waals surface area (Å²) in [5, 5.41) is 0. The summed E-state index contributed by atoms with van der Waals surface area (Å²) in [5.41, 5.74) is 5.87. The smallest absolute Gasteiger partial charge is 0.137 e. The third-order valence-corrected chi connectivity index (χ3v) is 3.68. The van der Waals surface area contributed by atoms with Crippen molar-refractivity contribution in [1.82, 2.24) is 9.38 Å². The van der Waals surface area contributed by atoms with Gasteiger partial charge in [-0.1, -0.05) is 24.3 Å². The highest BCUT2D eigenvalue weighted by atomic mass is 16.5. The lowest BCUT2D eigenvalue weighted by Crippen LogP contribution is -2.10. The number of nitrogens with zero attached hydrogens (tertiary/aromatic N) is 2. The highest BCUT2D eigenvalue weighted by Crippen LogP contribution is 2.29. The molecule has 3 aromatic rings. The zero-order valence-corrected chi connectivity index (χ0v) is 10.5. The van der Waals surface area contributed by atoms with Crippen molar-refractivity contribution in [1.29, 1.82) is 0 Å². The number of ether oxygens (including phenoxy) is 1. The maximum absolute atomic E-state index is 5.60. The Morgan fingerprint density at radius 2 is 2.11 bits per heavy atom. The molecule has 94 valence electrons. The van der Waals surface area contributed by atoms with E-state index in [9.17, 15) is 0 Å². The van der Waals surface area contributed by atoms with E-state index >= 15 is 0 Å². The number of imidazole rings is 1. The van der Waals surface area contributed by atoms with Crippen molar-refractivity contribution in [2.24, 2.45) is 0 Å². The van der Waals surface area contributed by atoms with Crippen LogP contribution in [0.5, 0.6) is 0 Å². The summed E-state index contributed by atoms with van der Waals surface area (Å²) in [4.78, 5) is 4.70. The van der Waals surface area contributed by atoms with E-state index in [1.807, 2.05) is 24.4 Å². The van der Waals surface area contributed by atoms with Crippen LogP contribution in [0.15, 0.2) is 48.8 Å². The number of hydrogen-bond donors (Lipinski definition) is 0. The van der Waals surface area contributed by atoms with Crippen LogP contribution < -0.4 is 0 Å². The van der Waals surface area contributed by atoms with Gasteiger partial charge in [-0.2, -0.15) is 0 Å². The van der Waals surface area contributed by atoms with E-state index < -0.39 is 0 Å². The monoisotopic (exact) mass is 250 g/mol. The van der Waals surface area contributed by atoms with E-state index in [0.717, 1.165) is 24.4 Å². The van der Waals surface area contributed by atoms with Gasteiger partial charge < -0.3 is 9.14 Å². The van der Waals surface area contributed by atoms with Crippen LogP contribution in [0.1, 0.15) is 11.1 Å². The van der Waals surface area contributed by atoms with Crippen LogP contribution >= 0.6 is 0 Å². The van der Waals surface area contributed by atoms with Crippen molar-refractivity contribution in [3.8, 4) is 11.3 Å². The SMILES string of the molecule is c1cc2c(c(-c3cn4ccccc4n3)c1)COCC2. The second-order valence-electron chi connectivity index (χ2n) is 4.84. The lowest BCUT2D eigenvalue weighted by molar-refractivity contribution is 0.111. The molecule has 19 heavy (non-hydrogen) atoms. The van der Waals surface area contributed by atoms with Gasteiger partial charge in [0.05, 0.1) is 18.9 Å². The molecule has 2 aromatic heterocycles. The fraction of sp³-hybridized carbons (Fsp3) is 0.188. The highest BCUT2D eigenvalue weighted by Gasteiger charge is 2.15. The van der Waals surface area contributed by atoms with Gasteiger partial charge in [-0.05, 0) is 29.7 Å². The predicted octanol–water partition coefficient (Wildman–Crippen LogP) is 3.07. The van der Waals surface area contributed by atoms with Gasteiger partial charge in [0, 0.05) is 18.0 Å². The van der Waals surface area contributed by atoms with Crippen LogP contribution in [0.4, 0.5) is 0 Å². The van der Waals surface area contributed by atoms with Crippen LogP contribution in [0.2, 0.25) is 0 Å². The summed E-state index contributed by atoms with van der Waals surface area (Å²) >= 11 is 0. The van der Waals surface area contributed by atoms with Gasteiger partial charge in [-0.3, -0.25) is 0 Å². The molecule has 0 atom stereocenters. The maximum Gasteiger partial charge on any atom is 0.137 e. The average molecular weight is 250 g/mol. The van der Waals surface area contributed by atoms with Crippen molar-refractivity contribution >= 4 is 5.65 Å². The third-order valence-electron chi connectivity index (χ3n) is 3.68. The van der Waals surface area contributed by atoms with Crippen molar-refractivity contribution in [3.05, 3.63) is 59.9 Å². The Balaban J connectivity index is 1.92. The number of benzene rings is 1. The Morgan fingerprint density at radius 1 is 1.11 bits per heavy atom. The third kappa shape index (κ3) is 1.74. The van der Waals surface area contributed by atoms with Crippen LogP contribution in [0.3, 0.4) is 0 Å². The molecule has 1 aromatic carbocycles. The molecule has 3 nitrogen and oxygen atoms in total. The first-order chi connectivity index (χ1) is 9.42. The topological polar surface area (TPSA) is 26.5 Å². The van der Waals surface area contributed by atoms with Gasteiger partial charge in [0.2, 0.25) is 0 Å². The number of fused-ring (bicyclic) bond motifs is 2. The molecule has 0 saturated carbocycles. The minimum atomic E-state index is 0.694. The first kappa shape index (κ1) is 10.8. The zero-order valence-electron chi connectivity index (χ0n) is 10.5. The van der Waals surface area contributed by atoms with Crippen LogP contribution in [0, 0.1) is 0 Å². The molecule has 1 aliphatic rings. The van der Waals surface area contributed by atoms with Crippen LogP contribution in [-0.4, -0.2) is 16.0 Å². The van der Waals surface area contributed by atoms with Crippen molar-refractivity contribution in [2.45, 2.75) is 13.0 Å². The van der Waals surface area contributed by atoms with Gasteiger partial charge in [0.25, 0.3) is 0 Å². The van der Waals surface area contributed by atoms with E-state index in [0.29, 0.717) is 6.61 Å². The van der Waals surface area contributed by atoms with E-state index in [1.165, 1.54) is 16.7 Å². The molecule has 0 aliphatic carbocycles. The van der Waals surface area contributed by atoms with E-state index in [4.69, 9.17) is 9.72 Å². The van der Waals surface area contributed by atoms with E-state index in [2.05, 4.69) is 28.8 Å². The van der Waals surface area contributed by atoms with Gasteiger partial charge in [0.15, 0.2) is 0 Å². The fourth-order valence-corrected chi connectivity index (χ4v) is 2.70. The maximum atomic E-state index is 5.60. The molecule has 0 saturated heterocycles. The Hall–Kier alpha value is -2.13. The molecular formula is C16H14N2O. The van der Waals surface area contributed by atoms with Crippen molar-refractivity contribution < 1.29 is 4.74 Å². The standard InChI is InChI=1S/C16H14N2O/c1-2-8-18-10-15(17-16(18)6-1)13-5-3-4-12-7-9-19-11-14(12)13/h1-6,8,10H,7,9,11H2. The first-order valence-electron chi connectivity index (χ1n) is 6.54. The molecule has 4 rings (SSSR count). The molecule has 3 heterocycles. The summed E-state index contributed by atoms with van der Waals surface area (Å²) in [5.74, 6) is 0. The Labute approximate surface area is 111 Å². The largest absolute Gasteiger partial charge is 0.376 e. The Morgan fingerprint density at radius 3 is 3.05 bits per heavy atom. The molecule has 0 fully saturated rings. The number of hydrogen-bond acceptors (Lipinski definition) is 2. The average Bonchev–Trinajstić information content (AvgIpc) is 2.90. The van der Waals surface area contributed by atoms with E-state index in [-0.39, 0.29) is 0 Å². The molecule has 0 amide bonds. The van der Waals surface area contributed by atoms with Crippen LogP contribution in [0.25, 0.3) is 16.9 Å². The van der Waals surface area contributed by atoms with Crippen molar-refractivity contribution in [2.75, 3.05) is 6.61 Å². The van der Waals surface area contributed by atoms with Crippen LogP contribution in [-0.2, 0) is 17.8 Å². The predicted molar refractivity (Wildman–Crippen MR) is 74.0 cm³/mol. The zero-order chi connectivity index (χ0) is 12.7. The lowest BCUT2D eigenvalue weighted by Gasteiger charge is -2.18. The summed E-state index contributed by atoms with van der Waals surface area (Å²) in [6.07, 6.45) is 5.10. The molecule has 0 spiro atoms.